The van der Waals surface area contributed by atoms with E-state index in [1.165, 1.54) is 4.90 Å². The molecule has 0 radical (unpaired) electrons. The minimum absolute atomic E-state index is 0.0714. The summed E-state index contributed by atoms with van der Waals surface area (Å²) in [5, 5.41) is 5.62. The first kappa shape index (κ1) is 27.0. The van der Waals surface area contributed by atoms with Crippen molar-refractivity contribution in [3.05, 3.63) is 86.0 Å². The molecule has 0 spiro atoms. The molecule has 0 saturated carbocycles. The molecule has 0 fully saturated rings. The molecule has 1 aromatic heterocycles. The van der Waals surface area contributed by atoms with Gasteiger partial charge in [0.2, 0.25) is 5.91 Å². The molecule has 35 heavy (non-hydrogen) atoms. The van der Waals surface area contributed by atoms with Crippen molar-refractivity contribution < 1.29 is 14.3 Å². The lowest BCUT2D eigenvalue weighted by atomic mass is 10.2. The maximum absolute atomic E-state index is 13.5. The van der Waals surface area contributed by atoms with Crippen LogP contribution >= 0.6 is 34.5 Å². The first-order valence-electron chi connectivity index (χ1n) is 11.2. The first-order valence-corrected chi connectivity index (χ1v) is 12.9. The van der Waals surface area contributed by atoms with Gasteiger partial charge in [0, 0.05) is 36.7 Å². The van der Waals surface area contributed by atoms with Crippen LogP contribution in [-0.2, 0) is 22.6 Å². The predicted octanol–water partition coefficient (Wildman–Crippen LogP) is 6.46. The smallest absolute Gasteiger partial charge is 0.322 e. The van der Waals surface area contributed by atoms with Crippen LogP contribution < -0.4 is 5.32 Å². The summed E-state index contributed by atoms with van der Waals surface area (Å²) in [6.07, 6.45) is 0.592. The highest BCUT2D eigenvalue weighted by molar-refractivity contribution is 7.10. The van der Waals surface area contributed by atoms with Gasteiger partial charge in [-0.1, -0.05) is 53.5 Å². The zero-order chi connectivity index (χ0) is 25.2. The number of rotatable bonds is 11. The molecule has 1 N–H and O–H groups in total. The molecular formula is C26H29Cl2N3O3S. The molecule has 0 aliphatic rings. The molecule has 3 aromatic rings. The molecule has 3 rings (SSSR count). The number of thiophene rings is 1. The van der Waals surface area contributed by atoms with Gasteiger partial charge in [0.1, 0.15) is 6.54 Å². The number of carbonyl (C=O) groups excluding carboxylic acids is 2. The molecule has 2 aromatic carbocycles. The number of urea groups is 1. The van der Waals surface area contributed by atoms with E-state index in [1.54, 1.807) is 41.5 Å². The number of ether oxygens (including phenoxy) is 1. The van der Waals surface area contributed by atoms with E-state index in [-0.39, 0.29) is 12.5 Å². The number of halogens is 2. The number of hydrogen-bond donors (Lipinski definition) is 1. The quantitative estimate of drug-likeness (QED) is 0.287. The van der Waals surface area contributed by atoms with Crippen molar-refractivity contribution >= 4 is 52.2 Å². The zero-order valence-electron chi connectivity index (χ0n) is 19.8. The second-order valence-corrected chi connectivity index (χ2v) is 9.93. The lowest BCUT2D eigenvalue weighted by molar-refractivity contribution is -0.133. The molecule has 9 heteroatoms. The van der Waals surface area contributed by atoms with Crippen LogP contribution in [0.2, 0.25) is 10.0 Å². The molecule has 6 nitrogen and oxygen atoms in total. The Bertz CT molecular complexity index is 1120. The maximum atomic E-state index is 13.5. The summed E-state index contributed by atoms with van der Waals surface area (Å²) in [5.74, 6) is -0.142. The summed E-state index contributed by atoms with van der Waals surface area (Å²) < 4.78 is 5.15. The Hall–Kier alpha value is -2.58. The summed E-state index contributed by atoms with van der Waals surface area (Å²) >= 11 is 13.8. The summed E-state index contributed by atoms with van der Waals surface area (Å²) in [4.78, 5) is 31.1. The lowest BCUT2D eigenvalue weighted by Crippen LogP contribution is -2.44. The van der Waals surface area contributed by atoms with Crippen molar-refractivity contribution in [1.29, 1.82) is 0 Å². The van der Waals surface area contributed by atoms with E-state index in [4.69, 9.17) is 27.9 Å². The van der Waals surface area contributed by atoms with E-state index in [2.05, 4.69) is 5.32 Å². The molecule has 0 aliphatic heterocycles. The van der Waals surface area contributed by atoms with Crippen LogP contribution in [0.4, 0.5) is 10.5 Å². The van der Waals surface area contributed by atoms with E-state index in [0.717, 1.165) is 16.0 Å². The number of hydrogen-bond acceptors (Lipinski definition) is 4. The van der Waals surface area contributed by atoms with Crippen molar-refractivity contribution in [3.63, 3.8) is 0 Å². The average Bonchev–Trinajstić information content (AvgIpc) is 3.24. The molecule has 0 saturated heterocycles. The maximum Gasteiger partial charge on any atom is 0.322 e. The number of anilines is 1. The third kappa shape index (κ3) is 8.25. The Labute approximate surface area is 220 Å². The summed E-state index contributed by atoms with van der Waals surface area (Å²) in [6.45, 7) is 3.73. The van der Waals surface area contributed by atoms with Gasteiger partial charge in [0.15, 0.2) is 0 Å². The number of benzene rings is 2. The highest BCUT2D eigenvalue weighted by Crippen LogP contribution is 2.26. The molecule has 0 aliphatic carbocycles. The van der Waals surface area contributed by atoms with Gasteiger partial charge in [-0.2, -0.15) is 0 Å². The number of nitrogens with zero attached hydrogens (tertiary/aromatic N) is 2. The molecule has 3 amide bonds. The van der Waals surface area contributed by atoms with Crippen LogP contribution in [0.15, 0.2) is 60.0 Å². The number of amides is 3. The SMILES string of the molecule is COCCCN(CC(=O)N(Cc1ccccc1)Cc1sccc1C)C(=O)Nc1ccc(Cl)cc1Cl. The van der Waals surface area contributed by atoms with Gasteiger partial charge in [-0.05, 0) is 54.1 Å². The average molecular weight is 535 g/mol. The van der Waals surface area contributed by atoms with Crippen LogP contribution in [-0.4, -0.2) is 48.5 Å². The van der Waals surface area contributed by atoms with E-state index in [1.807, 2.05) is 48.7 Å². The largest absolute Gasteiger partial charge is 0.385 e. The van der Waals surface area contributed by atoms with E-state index >= 15 is 0 Å². The molecule has 0 atom stereocenters. The van der Waals surface area contributed by atoms with Crippen molar-refractivity contribution in [2.45, 2.75) is 26.4 Å². The predicted molar refractivity (Wildman–Crippen MR) is 143 cm³/mol. The number of carbonyl (C=O) groups is 2. The Morgan fingerprint density at radius 3 is 2.46 bits per heavy atom. The van der Waals surface area contributed by atoms with Gasteiger partial charge in [-0.15, -0.1) is 11.3 Å². The van der Waals surface area contributed by atoms with Crippen LogP contribution in [0.3, 0.4) is 0 Å². The Morgan fingerprint density at radius 2 is 1.80 bits per heavy atom. The summed E-state index contributed by atoms with van der Waals surface area (Å²) in [6, 6.07) is 16.3. The summed E-state index contributed by atoms with van der Waals surface area (Å²) in [7, 11) is 1.61. The van der Waals surface area contributed by atoms with Crippen molar-refractivity contribution in [1.82, 2.24) is 9.80 Å². The fourth-order valence-corrected chi connectivity index (χ4v) is 4.85. The number of aryl methyl sites for hydroxylation is 1. The van der Waals surface area contributed by atoms with Gasteiger partial charge in [-0.25, -0.2) is 4.79 Å². The van der Waals surface area contributed by atoms with E-state index < -0.39 is 6.03 Å². The highest BCUT2D eigenvalue weighted by Gasteiger charge is 2.23. The topological polar surface area (TPSA) is 61.9 Å². The molecular weight excluding hydrogens is 505 g/mol. The normalized spacial score (nSPS) is 10.7. The van der Waals surface area contributed by atoms with Crippen molar-refractivity contribution in [3.8, 4) is 0 Å². The fraction of sp³-hybridized carbons (Fsp3) is 0.308. The van der Waals surface area contributed by atoms with Crippen molar-refractivity contribution in [2.24, 2.45) is 0 Å². The van der Waals surface area contributed by atoms with Crippen LogP contribution in [0, 0.1) is 6.92 Å². The third-order valence-corrected chi connectivity index (χ3v) is 6.99. The molecule has 0 unspecified atom stereocenters. The zero-order valence-corrected chi connectivity index (χ0v) is 22.1. The molecule has 1 heterocycles. The van der Waals surface area contributed by atoms with E-state index in [0.29, 0.717) is 48.4 Å². The monoisotopic (exact) mass is 533 g/mol. The molecule has 186 valence electrons. The van der Waals surface area contributed by atoms with Gasteiger partial charge >= 0.3 is 6.03 Å². The minimum atomic E-state index is -0.411. The summed E-state index contributed by atoms with van der Waals surface area (Å²) in [5.41, 5.74) is 2.60. The Kier molecular flexibility index (Phi) is 10.4. The van der Waals surface area contributed by atoms with Gasteiger partial charge in [0.05, 0.1) is 17.3 Å². The molecule has 0 bridgehead atoms. The van der Waals surface area contributed by atoms with Gasteiger partial charge in [-0.3, -0.25) is 4.79 Å². The minimum Gasteiger partial charge on any atom is -0.385 e. The van der Waals surface area contributed by atoms with Crippen LogP contribution in [0.1, 0.15) is 22.4 Å². The highest BCUT2D eigenvalue weighted by atomic mass is 35.5. The number of methoxy groups -OCH3 is 1. The second kappa shape index (κ2) is 13.5. The Morgan fingerprint density at radius 1 is 1.03 bits per heavy atom. The third-order valence-electron chi connectivity index (χ3n) is 5.43. The number of nitrogens with one attached hydrogen (secondary N) is 1. The van der Waals surface area contributed by atoms with Crippen molar-refractivity contribution in [2.75, 3.05) is 32.1 Å². The van der Waals surface area contributed by atoms with Crippen LogP contribution in [0.5, 0.6) is 0 Å². The standard InChI is InChI=1S/C26H29Cl2N3O3S/c1-19-11-14-35-24(19)17-31(16-20-7-4-3-5-8-20)25(32)18-30(12-6-13-34-2)26(33)29-23-10-9-21(27)15-22(23)28/h3-5,7-11,14-15H,6,12-13,16-18H2,1-2H3,(H,29,33). The van der Waals surface area contributed by atoms with Gasteiger partial charge < -0.3 is 19.9 Å². The van der Waals surface area contributed by atoms with Crippen LogP contribution in [0.25, 0.3) is 0 Å². The fourth-order valence-electron chi connectivity index (χ4n) is 3.48. The van der Waals surface area contributed by atoms with Gasteiger partial charge in [0.25, 0.3) is 0 Å². The Balaban J connectivity index is 1.78. The van der Waals surface area contributed by atoms with E-state index in [9.17, 15) is 9.59 Å². The first-order chi connectivity index (χ1) is 16.9. The lowest BCUT2D eigenvalue weighted by Gasteiger charge is -2.28. The second-order valence-electron chi connectivity index (χ2n) is 8.08.